The molecule has 0 unspecified atom stereocenters. The zero-order valence-electron chi connectivity index (χ0n) is 11.5. The Morgan fingerprint density at radius 2 is 1.82 bits per heavy atom. The fourth-order valence-electron chi connectivity index (χ4n) is 1.94. The van der Waals surface area contributed by atoms with E-state index in [4.69, 9.17) is 5.11 Å². The van der Waals surface area contributed by atoms with Gasteiger partial charge in [0, 0.05) is 7.05 Å². The van der Waals surface area contributed by atoms with Crippen LogP contribution in [0, 0.1) is 0 Å². The summed E-state index contributed by atoms with van der Waals surface area (Å²) in [5.74, 6) is -0.471. The van der Waals surface area contributed by atoms with E-state index < -0.39 is 27.3 Å². The van der Waals surface area contributed by atoms with E-state index in [2.05, 4.69) is 4.98 Å². The van der Waals surface area contributed by atoms with E-state index in [1.807, 2.05) is 0 Å². The first-order chi connectivity index (χ1) is 10.1. The number of aliphatic hydroxyl groups excluding tert-OH is 1. The van der Waals surface area contributed by atoms with Crippen LogP contribution in [-0.4, -0.2) is 23.1 Å². The Hall–Kier alpha value is -1.87. The summed E-state index contributed by atoms with van der Waals surface area (Å²) >= 11 is 0. The molecule has 0 radical (unpaired) electrons. The number of alkyl halides is 3. The predicted octanol–water partition coefficient (Wildman–Crippen LogP) is 1.91. The Balaban J connectivity index is 2.27. The lowest BCUT2D eigenvalue weighted by atomic mass is 10.1. The number of hydrogen-bond acceptors (Lipinski definition) is 4. The monoisotopic (exact) mass is 334 g/mol. The van der Waals surface area contributed by atoms with Gasteiger partial charge in [-0.3, -0.25) is 0 Å². The highest BCUT2D eigenvalue weighted by Gasteiger charge is 2.30. The second-order valence-electron chi connectivity index (χ2n) is 4.70. The van der Waals surface area contributed by atoms with Crippen molar-refractivity contribution in [3.05, 3.63) is 47.3 Å². The summed E-state index contributed by atoms with van der Waals surface area (Å²) in [5, 5.41) is 8.79. The molecule has 0 aliphatic carbocycles. The summed E-state index contributed by atoms with van der Waals surface area (Å²) in [6, 6.07) is 3.91. The predicted molar refractivity (Wildman–Crippen MR) is 71.5 cm³/mol. The van der Waals surface area contributed by atoms with Crippen LogP contribution in [-0.2, 0) is 35.4 Å². The zero-order valence-corrected chi connectivity index (χ0v) is 12.3. The molecule has 0 bridgehead atoms. The number of nitrogens with zero attached hydrogens (tertiary/aromatic N) is 2. The van der Waals surface area contributed by atoms with E-state index >= 15 is 0 Å². The molecule has 0 aliphatic rings. The van der Waals surface area contributed by atoms with Crippen LogP contribution in [0.3, 0.4) is 0 Å². The molecular formula is C13H13F3N2O3S. The highest BCUT2D eigenvalue weighted by Crippen LogP contribution is 2.29. The lowest BCUT2D eigenvalue weighted by molar-refractivity contribution is -0.137. The molecule has 0 fully saturated rings. The van der Waals surface area contributed by atoms with Gasteiger partial charge >= 0.3 is 6.18 Å². The van der Waals surface area contributed by atoms with Crippen molar-refractivity contribution >= 4 is 9.84 Å². The average molecular weight is 334 g/mol. The van der Waals surface area contributed by atoms with Crippen molar-refractivity contribution in [2.75, 3.05) is 0 Å². The maximum absolute atomic E-state index is 12.5. The largest absolute Gasteiger partial charge is 0.416 e. The third-order valence-corrected chi connectivity index (χ3v) is 4.77. The van der Waals surface area contributed by atoms with Gasteiger partial charge in [-0.15, -0.1) is 0 Å². The fourth-order valence-corrected chi connectivity index (χ4v) is 3.44. The zero-order chi connectivity index (χ0) is 16.5. The van der Waals surface area contributed by atoms with Gasteiger partial charge in [-0.1, -0.05) is 12.1 Å². The molecule has 120 valence electrons. The second-order valence-corrected chi connectivity index (χ2v) is 6.59. The number of imidazole rings is 1. The van der Waals surface area contributed by atoms with Crippen LogP contribution >= 0.6 is 0 Å². The smallest absolute Gasteiger partial charge is 0.390 e. The molecule has 0 saturated heterocycles. The Kier molecular flexibility index (Phi) is 4.30. The first kappa shape index (κ1) is 16.5. The normalized spacial score (nSPS) is 12.6. The topological polar surface area (TPSA) is 72.2 Å². The minimum absolute atomic E-state index is 0.224. The standard InChI is InChI=1S/C13H13F3N2O3S/c1-18-11(7-19)6-17-12(18)22(20,21)8-9-2-4-10(5-3-9)13(14,15)16/h2-6,19H,7-8H2,1H3. The molecule has 1 aromatic heterocycles. The van der Waals surface area contributed by atoms with Crippen molar-refractivity contribution in [2.45, 2.75) is 23.7 Å². The molecule has 1 aromatic carbocycles. The van der Waals surface area contributed by atoms with Crippen molar-refractivity contribution in [2.24, 2.45) is 7.05 Å². The van der Waals surface area contributed by atoms with E-state index in [1.54, 1.807) is 0 Å². The Labute approximate surface area is 125 Å². The molecule has 0 aliphatic heterocycles. The number of sulfone groups is 1. The van der Waals surface area contributed by atoms with Crippen molar-refractivity contribution in [3.63, 3.8) is 0 Å². The van der Waals surface area contributed by atoms with Gasteiger partial charge in [0.25, 0.3) is 0 Å². The van der Waals surface area contributed by atoms with E-state index in [1.165, 1.54) is 17.8 Å². The molecular weight excluding hydrogens is 321 g/mol. The number of benzene rings is 1. The molecule has 0 atom stereocenters. The summed E-state index contributed by atoms with van der Waals surface area (Å²) in [6.45, 7) is -0.362. The molecule has 2 rings (SSSR count). The quantitative estimate of drug-likeness (QED) is 0.927. The van der Waals surface area contributed by atoms with Gasteiger partial charge in [-0.25, -0.2) is 13.4 Å². The fraction of sp³-hybridized carbons (Fsp3) is 0.308. The van der Waals surface area contributed by atoms with E-state index in [9.17, 15) is 21.6 Å². The van der Waals surface area contributed by atoms with Gasteiger partial charge in [0.2, 0.25) is 15.0 Å². The third-order valence-electron chi connectivity index (χ3n) is 3.12. The number of aliphatic hydroxyl groups is 1. The van der Waals surface area contributed by atoms with Gasteiger partial charge in [-0.2, -0.15) is 13.2 Å². The van der Waals surface area contributed by atoms with E-state index in [0.717, 1.165) is 24.3 Å². The van der Waals surface area contributed by atoms with Crippen molar-refractivity contribution in [1.29, 1.82) is 0 Å². The number of hydrogen-bond donors (Lipinski definition) is 1. The van der Waals surface area contributed by atoms with E-state index in [-0.39, 0.29) is 17.3 Å². The van der Waals surface area contributed by atoms with Gasteiger partial charge in [0.15, 0.2) is 0 Å². The maximum atomic E-state index is 12.5. The number of rotatable bonds is 4. The van der Waals surface area contributed by atoms with Crippen LogP contribution in [0.25, 0.3) is 0 Å². The molecule has 1 N–H and O–H groups in total. The van der Waals surface area contributed by atoms with Gasteiger partial charge in [0.05, 0.1) is 29.8 Å². The van der Waals surface area contributed by atoms with Crippen molar-refractivity contribution in [3.8, 4) is 0 Å². The number of aromatic nitrogens is 2. The molecule has 2 aromatic rings. The Morgan fingerprint density at radius 3 is 2.27 bits per heavy atom. The molecule has 0 saturated carbocycles. The van der Waals surface area contributed by atoms with Gasteiger partial charge in [0.1, 0.15) is 0 Å². The third kappa shape index (κ3) is 3.30. The Morgan fingerprint density at radius 1 is 1.23 bits per heavy atom. The summed E-state index contributed by atoms with van der Waals surface area (Å²) in [5.41, 5.74) is -0.291. The number of halogens is 3. The molecule has 22 heavy (non-hydrogen) atoms. The first-order valence-electron chi connectivity index (χ1n) is 6.15. The van der Waals surface area contributed by atoms with Crippen LogP contribution in [0.2, 0.25) is 0 Å². The lowest BCUT2D eigenvalue weighted by Crippen LogP contribution is -2.12. The second kappa shape index (κ2) is 5.73. The molecule has 0 spiro atoms. The van der Waals surface area contributed by atoms with Crippen LogP contribution in [0.15, 0.2) is 35.6 Å². The van der Waals surface area contributed by atoms with Crippen LogP contribution < -0.4 is 0 Å². The van der Waals surface area contributed by atoms with Crippen LogP contribution in [0.1, 0.15) is 16.8 Å². The van der Waals surface area contributed by atoms with Crippen molar-refractivity contribution < 1.29 is 26.7 Å². The molecule has 0 amide bonds. The molecule has 1 heterocycles. The maximum Gasteiger partial charge on any atom is 0.416 e. The van der Waals surface area contributed by atoms with Crippen molar-refractivity contribution in [1.82, 2.24) is 9.55 Å². The highest BCUT2D eigenvalue weighted by atomic mass is 32.2. The Bertz CT molecular complexity index is 765. The summed E-state index contributed by atoms with van der Waals surface area (Å²) in [6.07, 6.45) is -3.23. The van der Waals surface area contributed by atoms with Crippen LogP contribution in [0.4, 0.5) is 13.2 Å². The van der Waals surface area contributed by atoms with E-state index in [0.29, 0.717) is 5.69 Å². The highest BCUT2D eigenvalue weighted by molar-refractivity contribution is 7.90. The van der Waals surface area contributed by atoms with Gasteiger partial charge < -0.3 is 9.67 Å². The summed E-state index contributed by atoms with van der Waals surface area (Å²) in [7, 11) is -2.38. The minimum atomic E-state index is -4.47. The summed E-state index contributed by atoms with van der Waals surface area (Å²) in [4.78, 5) is 3.75. The molecule has 5 nitrogen and oxygen atoms in total. The minimum Gasteiger partial charge on any atom is -0.390 e. The van der Waals surface area contributed by atoms with Gasteiger partial charge in [-0.05, 0) is 17.7 Å². The average Bonchev–Trinajstić information content (AvgIpc) is 2.79. The first-order valence-corrected chi connectivity index (χ1v) is 7.80. The SMILES string of the molecule is Cn1c(CO)cnc1S(=O)(=O)Cc1ccc(C(F)(F)F)cc1. The molecule has 9 heteroatoms. The lowest BCUT2D eigenvalue weighted by Gasteiger charge is -2.08. The summed E-state index contributed by atoms with van der Waals surface area (Å²) < 4.78 is 63.1. The van der Waals surface area contributed by atoms with Crippen LogP contribution in [0.5, 0.6) is 0 Å².